The lowest BCUT2D eigenvalue weighted by Crippen LogP contribution is -2.08. The molecule has 0 fully saturated rings. The minimum Gasteiger partial charge on any atom is -0.507 e. The first-order valence-electron chi connectivity index (χ1n) is 10.8. The van der Waals surface area contributed by atoms with Gasteiger partial charge in [-0.25, -0.2) is 4.98 Å². The van der Waals surface area contributed by atoms with Crippen LogP contribution in [0.25, 0.3) is 27.7 Å². The molecule has 0 atom stereocenters. The van der Waals surface area contributed by atoms with Crippen molar-refractivity contribution in [1.29, 1.82) is 0 Å². The molecule has 2 heterocycles. The summed E-state index contributed by atoms with van der Waals surface area (Å²) in [6.45, 7) is 0.677. The summed E-state index contributed by atoms with van der Waals surface area (Å²) in [5.74, 6) is 2.48. The first kappa shape index (κ1) is 20.7. The normalized spacial score (nSPS) is 11.1. The van der Waals surface area contributed by atoms with Gasteiger partial charge in [-0.3, -0.25) is 4.40 Å². The van der Waals surface area contributed by atoms with Crippen molar-refractivity contribution in [1.82, 2.24) is 9.38 Å². The topological polar surface area (TPSA) is 68.0 Å². The van der Waals surface area contributed by atoms with Crippen molar-refractivity contribution in [2.45, 2.75) is 6.42 Å². The van der Waals surface area contributed by atoms with E-state index >= 15 is 0 Å². The number of nitrogens with zero attached hydrogens (tertiary/aromatic N) is 2. The van der Waals surface area contributed by atoms with Gasteiger partial charge in [0.1, 0.15) is 22.9 Å². The Kier molecular flexibility index (Phi) is 5.48. The van der Waals surface area contributed by atoms with Crippen molar-refractivity contribution in [3.05, 3.63) is 84.6 Å². The van der Waals surface area contributed by atoms with Crippen LogP contribution in [0.5, 0.6) is 17.2 Å². The zero-order valence-corrected chi connectivity index (χ0v) is 18.6. The summed E-state index contributed by atoms with van der Waals surface area (Å²) >= 11 is 0. The molecule has 0 saturated carbocycles. The Morgan fingerprint density at radius 3 is 2.58 bits per heavy atom. The number of nitrogens with one attached hydrogen (secondary N) is 1. The standard InChI is InChI=1S/C27H25N3O3/c1-32-22-13-10-18(17-23(22)33-2)14-15-28-27-26(29-24-9-5-6-16-30(24)27)25-20-8-4-3-7-19(20)11-12-21(25)31/h3-13,16-17,28,31H,14-15H2,1-2H3. The molecule has 2 aromatic heterocycles. The van der Waals surface area contributed by atoms with Crippen molar-refractivity contribution < 1.29 is 14.6 Å². The maximum absolute atomic E-state index is 10.8. The number of methoxy groups -OCH3 is 2. The fourth-order valence-corrected chi connectivity index (χ4v) is 4.21. The molecule has 6 nitrogen and oxygen atoms in total. The van der Waals surface area contributed by atoms with Gasteiger partial charge in [0, 0.05) is 12.7 Å². The van der Waals surface area contributed by atoms with Crippen molar-refractivity contribution in [2.24, 2.45) is 0 Å². The summed E-state index contributed by atoms with van der Waals surface area (Å²) in [7, 11) is 3.27. The van der Waals surface area contributed by atoms with E-state index in [1.165, 1.54) is 0 Å². The van der Waals surface area contributed by atoms with E-state index in [1.807, 2.05) is 77.3 Å². The van der Waals surface area contributed by atoms with Crippen LogP contribution in [-0.4, -0.2) is 35.3 Å². The molecular formula is C27H25N3O3. The van der Waals surface area contributed by atoms with E-state index in [9.17, 15) is 5.11 Å². The number of hydrogen-bond acceptors (Lipinski definition) is 5. The van der Waals surface area contributed by atoms with Crippen LogP contribution in [0.4, 0.5) is 5.82 Å². The van der Waals surface area contributed by atoms with E-state index in [0.29, 0.717) is 18.0 Å². The van der Waals surface area contributed by atoms with Crippen LogP contribution in [-0.2, 0) is 6.42 Å². The maximum atomic E-state index is 10.8. The predicted octanol–water partition coefficient (Wildman–Crippen LogP) is 5.53. The molecule has 0 saturated heterocycles. The third-order valence-corrected chi connectivity index (χ3v) is 5.83. The number of phenols is 1. The van der Waals surface area contributed by atoms with E-state index in [4.69, 9.17) is 14.5 Å². The molecule has 2 N–H and O–H groups in total. The van der Waals surface area contributed by atoms with Gasteiger partial charge in [-0.1, -0.05) is 42.5 Å². The monoisotopic (exact) mass is 439 g/mol. The second kappa shape index (κ2) is 8.74. The Morgan fingerprint density at radius 2 is 1.73 bits per heavy atom. The zero-order valence-electron chi connectivity index (χ0n) is 18.6. The van der Waals surface area contributed by atoms with Crippen molar-refractivity contribution in [3.63, 3.8) is 0 Å². The Labute approximate surface area is 192 Å². The fourth-order valence-electron chi connectivity index (χ4n) is 4.21. The summed E-state index contributed by atoms with van der Waals surface area (Å²) in [6.07, 6.45) is 2.76. The van der Waals surface area contributed by atoms with Crippen LogP contribution in [0.3, 0.4) is 0 Å². The van der Waals surface area contributed by atoms with Gasteiger partial charge >= 0.3 is 0 Å². The largest absolute Gasteiger partial charge is 0.507 e. The maximum Gasteiger partial charge on any atom is 0.160 e. The van der Waals surface area contributed by atoms with E-state index in [0.717, 1.165) is 45.5 Å². The Bertz CT molecular complexity index is 1440. The summed E-state index contributed by atoms with van der Waals surface area (Å²) in [5.41, 5.74) is 3.39. The molecule has 0 aliphatic carbocycles. The van der Waals surface area contributed by atoms with Gasteiger partial charge in [0.2, 0.25) is 0 Å². The summed E-state index contributed by atoms with van der Waals surface area (Å²) in [6, 6.07) is 23.5. The number of aromatic hydroxyl groups is 1. The molecular weight excluding hydrogens is 414 g/mol. The summed E-state index contributed by atoms with van der Waals surface area (Å²) in [4.78, 5) is 4.87. The van der Waals surface area contributed by atoms with E-state index in [1.54, 1.807) is 20.3 Å². The quantitative estimate of drug-likeness (QED) is 0.349. The minimum absolute atomic E-state index is 0.208. The van der Waals surface area contributed by atoms with Gasteiger partial charge in [-0.15, -0.1) is 0 Å². The second-order valence-electron chi connectivity index (χ2n) is 7.78. The van der Waals surface area contributed by atoms with Gasteiger partial charge in [-0.05, 0) is 53.1 Å². The van der Waals surface area contributed by atoms with E-state index in [2.05, 4.69) is 5.32 Å². The molecule has 0 amide bonds. The van der Waals surface area contributed by atoms with Gasteiger partial charge in [0.15, 0.2) is 11.5 Å². The first-order chi connectivity index (χ1) is 16.2. The number of rotatable bonds is 7. The lowest BCUT2D eigenvalue weighted by atomic mass is 10.0. The zero-order chi connectivity index (χ0) is 22.8. The Hall–Kier alpha value is -4.19. The Morgan fingerprint density at radius 1 is 0.909 bits per heavy atom. The highest BCUT2D eigenvalue weighted by atomic mass is 16.5. The molecule has 5 aromatic rings. The fraction of sp³-hybridized carbons (Fsp3) is 0.148. The van der Waals surface area contributed by atoms with Gasteiger partial charge in [0.05, 0.1) is 19.8 Å². The molecule has 0 unspecified atom stereocenters. The Balaban J connectivity index is 1.52. The van der Waals surface area contributed by atoms with Crippen LogP contribution in [0, 0.1) is 0 Å². The SMILES string of the molecule is COc1ccc(CCNc2c(-c3c(O)ccc4ccccc34)nc3ccccn23)cc1OC. The smallest absolute Gasteiger partial charge is 0.160 e. The number of ether oxygens (including phenoxy) is 2. The van der Waals surface area contributed by atoms with Crippen molar-refractivity contribution in [3.8, 4) is 28.5 Å². The number of aromatic nitrogens is 2. The number of fused-ring (bicyclic) bond motifs is 2. The minimum atomic E-state index is 0.208. The highest BCUT2D eigenvalue weighted by Gasteiger charge is 2.19. The van der Waals surface area contributed by atoms with Crippen LogP contribution in [0.1, 0.15) is 5.56 Å². The summed E-state index contributed by atoms with van der Waals surface area (Å²) < 4.78 is 12.8. The lowest BCUT2D eigenvalue weighted by Gasteiger charge is -2.13. The molecule has 6 heteroatoms. The highest BCUT2D eigenvalue weighted by molar-refractivity contribution is 6.01. The number of hydrogen-bond donors (Lipinski definition) is 2. The average molecular weight is 440 g/mol. The third kappa shape index (κ3) is 3.80. The van der Waals surface area contributed by atoms with Crippen molar-refractivity contribution in [2.75, 3.05) is 26.1 Å². The lowest BCUT2D eigenvalue weighted by molar-refractivity contribution is 0.354. The van der Waals surface area contributed by atoms with Gasteiger partial charge < -0.3 is 19.9 Å². The first-order valence-corrected chi connectivity index (χ1v) is 10.8. The van der Waals surface area contributed by atoms with Crippen LogP contribution < -0.4 is 14.8 Å². The number of benzene rings is 3. The average Bonchev–Trinajstić information content (AvgIpc) is 3.21. The molecule has 0 bridgehead atoms. The molecule has 5 rings (SSSR count). The molecule has 0 aliphatic heterocycles. The molecule has 0 spiro atoms. The number of pyridine rings is 1. The third-order valence-electron chi connectivity index (χ3n) is 5.83. The van der Waals surface area contributed by atoms with E-state index < -0.39 is 0 Å². The second-order valence-corrected chi connectivity index (χ2v) is 7.78. The van der Waals surface area contributed by atoms with Crippen molar-refractivity contribution >= 4 is 22.2 Å². The molecule has 3 aromatic carbocycles. The van der Waals surface area contributed by atoms with Gasteiger partial charge in [-0.2, -0.15) is 0 Å². The highest BCUT2D eigenvalue weighted by Crippen LogP contribution is 2.40. The summed E-state index contributed by atoms with van der Waals surface area (Å²) in [5, 5.41) is 16.4. The van der Waals surface area contributed by atoms with Crippen LogP contribution >= 0.6 is 0 Å². The molecule has 0 aliphatic rings. The number of phenolic OH excluding ortho intramolecular Hbond substituents is 1. The van der Waals surface area contributed by atoms with Crippen LogP contribution in [0.15, 0.2) is 79.0 Å². The van der Waals surface area contributed by atoms with Gasteiger partial charge in [0.25, 0.3) is 0 Å². The molecule has 0 radical (unpaired) electrons. The molecule has 33 heavy (non-hydrogen) atoms. The van der Waals surface area contributed by atoms with Crippen LogP contribution in [0.2, 0.25) is 0 Å². The number of imidazole rings is 1. The number of anilines is 1. The predicted molar refractivity (Wildman–Crippen MR) is 132 cm³/mol. The molecule has 166 valence electrons. The van der Waals surface area contributed by atoms with E-state index in [-0.39, 0.29) is 5.75 Å².